The molecule has 1 aliphatic rings. The first-order valence-electron chi connectivity index (χ1n) is 4.31. The second-order valence-corrected chi connectivity index (χ2v) is 3.08. The molecule has 1 aliphatic heterocycles. The molecule has 0 spiro atoms. The van der Waals surface area contributed by atoms with E-state index in [-0.39, 0.29) is 24.4 Å². The molecule has 4 atom stereocenters. The van der Waals surface area contributed by atoms with Crippen LogP contribution < -0.4 is 0 Å². The molecule has 0 amide bonds. The van der Waals surface area contributed by atoms with Crippen molar-refractivity contribution in [3.63, 3.8) is 0 Å². The lowest BCUT2D eigenvalue weighted by Gasteiger charge is -2.38. The largest absolute Gasteiger partial charge is 0.376 e. The van der Waals surface area contributed by atoms with Crippen LogP contribution in [-0.4, -0.2) is 45.7 Å². The lowest BCUT2D eigenvalue weighted by molar-refractivity contribution is -0.183. The van der Waals surface area contributed by atoms with Crippen molar-refractivity contribution < 1.29 is 18.9 Å². The lowest BCUT2D eigenvalue weighted by Crippen LogP contribution is -2.52. The van der Waals surface area contributed by atoms with Crippen molar-refractivity contribution >= 4 is 0 Å². The second-order valence-electron chi connectivity index (χ2n) is 3.08. The molecular weight excluding hydrogens is 172 g/mol. The maximum Gasteiger partial charge on any atom is 0.116 e. The topological polar surface area (TPSA) is 36.9 Å². The van der Waals surface area contributed by atoms with Gasteiger partial charge in [0.1, 0.15) is 24.9 Å². The van der Waals surface area contributed by atoms with Crippen LogP contribution in [0.15, 0.2) is 0 Å². The van der Waals surface area contributed by atoms with E-state index in [0.717, 1.165) is 0 Å². The zero-order valence-corrected chi connectivity index (χ0v) is 8.52. The number of methoxy groups -OCH3 is 3. The summed E-state index contributed by atoms with van der Waals surface area (Å²) in [5.74, 6) is 0. The number of hydrogen-bond acceptors (Lipinski definition) is 4. The van der Waals surface area contributed by atoms with Crippen LogP contribution in [0.4, 0.5) is 0 Å². The molecule has 0 bridgehead atoms. The minimum Gasteiger partial charge on any atom is -0.376 e. The first-order chi connectivity index (χ1) is 6.24. The monoisotopic (exact) mass is 189 g/mol. The van der Waals surface area contributed by atoms with E-state index in [4.69, 9.17) is 18.9 Å². The predicted molar refractivity (Wildman–Crippen MR) is 47.2 cm³/mol. The maximum absolute atomic E-state index is 5.36. The van der Waals surface area contributed by atoms with Crippen molar-refractivity contribution in [2.24, 2.45) is 0 Å². The summed E-state index contributed by atoms with van der Waals surface area (Å²) in [5, 5.41) is 0. The summed E-state index contributed by atoms with van der Waals surface area (Å²) >= 11 is 0. The minimum atomic E-state index is -0.161. The highest BCUT2D eigenvalue weighted by Crippen LogP contribution is 2.24. The third-order valence-corrected chi connectivity index (χ3v) is 2.35. The van der Waals surface area contributed by atoms with Gasteiger partial charge in [-0.15, -0.1) is 0 Å². The predicted octanol–water partition coefficient (Wildman–Crippen LogP) is 0.612. The van der Waals surface area contributed by atoms with Crippen LogP contribution in [0.25, 0.3) is 0 Å². The SMILES string of the molecule is CO[C@@H]1[C@H](OC)[C@@H](C)O[CH][C@H]1OC. The summed E-state index contributed by atoms with van der Waals surface area (Å²) in [5.41, 5.74) is 0. The highest BCUT2D eigenvalue weighted by molar-refractivity contribution is 4.92. The molecule has 1 rings (SSSR count). The summed E-state index contributed by atoms with van der Waals surface area (Å²) in [6.07, 6.45) is -0.341. The Morgan fingerprint density at radius 3 is 2.08 bits per heavy atom. The van der Waals surface area contributed by atoms with Crippen molar-refractivity contribution in [2.45, 2.75) is 31.3 Å². The molecule has 13 heavy (non-hydrogen) atoms. The molecule has 0 saturated carbocycles. The molecule has 0 aromatic carbocycles. The molecular formula is C9H17O4. The first kappa shape index (κ1) is 10.9. The molecule has 77 valence electrons. The maximum atomic E-state index is 5.36. The number of ether oxygens (including phenoxy) is 4. The summed E-state index contributed by atoms with van der Waals surface area (Å²) in [6.45, 7) is 3.61. The van der Waals surface area contributed by atoms with Gasteiger partial charge in [-0.1, -0.05) is 0 Å². The zero-order valence-electron chi connectivity index (χ0n) is 8.52. The first-order valence-corrected chi connectivity index (χ1v) is 4.31. The van der Waals surface area contributed by atoms with Gasteiger partial charge in [0.15, 0.2) is 0 Å². The third kappa shape index (κ3) is 2.20. The average molecular weight is 189 g/mol. The van der Waals surface area contributed by atoms with E-state index in [1.165, 1.54) is 0 Å². The van der Waals surface area contributed by atoms with Gasteiger partial charge in [-0.25, -0.2) is 0 Å². The molecule has 1 radical (unpaired) electrons. The molecule has 1 saturated heterocycles. The summed E-state index contributed by atoms with van der Waals surface area (Å²) < 4.78 is 21.1. The van der Waals surface area contributed by atoms with Gasteiger partial charge < -0.3 is 18.9 Å². The fourth-order valence-corrected chi connectivity index (χ4v) is 1.59. The number of rotatable bonds is 3. The van der Waals surface area contributed by atoms with Crippen LogP contribution in [0.2, 0.25) is 0 Å². The molecule has 0 unspecified atom stereocenters. The van der Waals surface area contributed by atoms with Crippen molar-refractivity contribution in [3.8, 4) is 0 Å². The fraction of sp³-hybridized carbons (Fsp3) is 0.889. The molecule has 0 aromatic heterocycles. The van der Waals surface area contributed by atoms with E-state index in [9.17, 15) is 0 Å². The Bertz CT molecular complexity index is 151. The van der Waals surface area contributed by atoms with Crippen molar-refractivity contribution in [2.75, 3.05) is 21.3 Å². The van der Waals surface area contributed by atoms with Crippen LogP contribution in [0, 0.1) is 6.61 Å². The van der Waals surface area contributed by atoms with Crippen LogP contribution in [0.5, 0.6) is 0 Å². The van der Waals surface area contributed by atoms with Gasteiger partial charge in [0.05, 0.1) is 6.10 Å². The van der Waals surface area contributed by atoms with Gasteiger partial charge in [-0.3, -0.25) is 0 Å². The van der Waals surface area contributed by atoms with Gasteiger partial charge in [0, 0.05) is 21.3 Å². The van der Waals surface area contributed by atoms with E-state index in [1.807, 2.05) is 6.92 Å². The molecule has 1 heterocycles. The summed E-state index contributed by atoms with van der Waals surface area (Å²) in [4.78, 5) is 0. The Kier molecular flexibility index (Phi) is 4.12. The minimum absolute atomic E-state index is 0.00125. The Morgan fingerprint density at radius 1 is 1.00 bits per heavy atom. The third-order valence-electron chi connectivity index (χ3n) is 2.35. The highest BCUT2D eigenvalue weighted by atomic mass is 16.6. The molecule has 0 N–H and O–H groups in total. The highest BCUT2D eigenvalue weighted by Gasteiger charge is 2.39. The van der Waals surface area contributed by atoms with Gasteiger partial charge in [0.2, 0.25) is 0 Å². The van der Waals surface area contributed by atoms with Crippen LogP contribution in [0.3, 0.4) is 0 Å². The Hall–Kier alpha value is -0.160. The van der Waals surface area contributed by atoms with E-state index < -0.39 is 0 Å². The van der Waals surface area contributed by atoms with Crippen LogP contribution in [-0.2, 0) is 18.9 Å². The van der Waals surface area contributed by atoms with Crippen LogP contribution in [0.1, 0.15) is 6.92 Å². The molecule has 0 aliphatic carbocycles. The standard InChI is InChI=1S/C9H17O4/c1-6-8(11-3)9(12-4)7(10-2)5-13-6/h5-9H,1-4H3/t6-,7-,8-,9+/m1/s1. The Balaban J connectivity index is 2.64. The van der Waals surface area contributed by atoms with Gasteiger partial charge in [-0.2, -0.15) is 0 Å². The van der Waals surface area contributed by atoms with Gasteiger partial charge in [-0.05, 0) is 6.92 Å². The summed E-state index contributed by atoms with van der Waals surface area (Å²) in [7, 11) is 4.92. The van der Waals surface area contributed by atoms with Crippen molar-refractivity contribution in [3.05, 3.63) is 6.61 Å². The molecule has 0 aromatic rings. The van der Waals surface area contributed by atoms with Crippen LogP contribution >= 0.6 is 0 Å². The van der Waals surface area contributed by atoms with E-state index in [0.29, 0.717) is 0 Å². The number of hydrogen-bond donors (Lipinski definition) is 0. The lowest BCUT2D eigenvalue weighted by atomic mass is 10.0. The Morgan fingerprint density at radius 2 is 1.62 bits per heavy atom. The Labute approximate surface area is 79.1 Å². The van der Waals surface area contributed by atoms with E-state index in [2.05, 4.69) is 0 Å². The normalized spacial score (nSPS) is 40.6. The summed E-state index contributed by atoms with van der Waals surface area (Å²) in [6, 6.07) is 0. The molecule has 4 nitrogen and oxygen atoms in total. The van der Waals surface area contributed by atoms with Gasteiger partial charge in [0.25, 0.3) is 0 Å². The zero-order chi connectivity index (χ0) is 9.84. The average Bonchev–Trinajstić information content (AvgIpc) is 2.17. The van der Waals surface area contributed by atoms with E-state index in [1.54, 1.807) is 27.9 Å². The van der Waals surface area contributed by atoms with Gasteiger partial charge >= 0.3 is 0 Å². The van der Waals surface area contributed by atoms with Crippen molar-refractivity contribution in [1.82, 2.24) is 0 Å². The smallest absolute Gasteiger partial charge is 0.116 e. The second kappa shape index (κ2) is 4.91. The molecule has 4 heteroatoms. The quantitative estimate of drug-likeness (QED) is 0.652. The molecule has 1 fully saturated rings. The van der Waals surface area contributed by atoms with Crippen molar-refractivity contribution in [1.29, 1.82) is 0 Å². The fourth-order valence-electron chi connectivity index (χ4n) is 1.59. The van der Waals surface area contributed by atoms with E-state index >= 15 is 0 Å².